The van der Waals surface area contributed by atoms with Crippen LogP contribution in [-0.2, 0) is 14.6 Å². The molecule has 1 amide bonds. The maximum atomic E-state index is 12.5. The molecule has 2 heterocycles. The van der Waals surface area contributed by atoms with Gasteiger partial charge in [0.15, 0.2) is 9.84 Å². The van der Waals surface area contributed by atoms with Gasteiger partial charge in [-0.2, -0.15) is 9.78 Å². The van der Waals surface area contributed by atoms with Crippen molar-refractivity contribution < 1.29 is 13.2 Å². The molecule has 0 aliphatic heterocycles. The Morgan fingerprint density at radius 1 is 1.10 bits per heavy atom. The van der Waals surface area contributed by atoms with Crippen LogP contribution in [-0.4, -0.2) is 34.8 Å². The van der Waals surface area contributed by atoms with E-state index in [2.05, 4.69) is 15.4 Å². The third-order valence-electron chi connectivity index (χ3n) is 4.76. The van der Waals surface area contributed by atoms with Crippen LogP contribution in [0.4, 0.5) is 5.82 Å². The minimum atomic E-state index is -3.41. The van der Waals surface area contributed by atoms with Crippen LogP contribution in [0.5, 0.6) is 0 Å². The van der Waals surface area contributed by atoms with Gasteiger partial charge in [0.25, 0.3) is 0 Å². The van der Waals surface area contributed by atoms with Gasteiger partial charge < -0.3 is 5.32 Å². The van der Waals surface area contributed by atoms with E-state index in [1.165, 1.54) is 11.3 Å². The number of para-hydroxylation sites is 1. The zero-order chi connectivity index (χ0) is 22.0. The van der Waals surface area contributed by atoms with Crippen LogP contribution in [0.15, 0.2) is 59.5 Å². The molecule has 4 aromatic rings. The Hall–Kier alpha value is -3.04. The number of nitrogens with zero attached hydrogens (tertiary/aromatic N) is 3. The normalized spacial score (nSPS) is 11.7. The van der Waals surface area contributed by atoms with E-state index in [4.69, 9.17) is 0 Å². The summed E-state index contributed by atoms with van der Waals surface area (Å²) >= 11 is 1.48. The second-order valence-electron chi connectivity index (χ2n) is 7.33. The molecular weight excluding hydrogens is 432 g/mol. The van der Waals surface area contributed by atoms with Gasteiger partial charge in [-0.05, 0) is 44.5 Å². The second-order valence-corrected chi connectivity index (χ2v) is 10.4. The lowest BCUT2D eigenvalue weighted by atomic mass is 10.2. The Kier molecular flexibility index (Phi) is 5.88. The van der Waals surface area contributed by atoms with Gasteiger partial charge in [-0.3, -0.25) is 4.79 Å². The average Bonchev–Trinajstić information content (AvgIpc) is 3.31. The lowest BCUT2D eigenvalue weighted by Crippen LogP contribution is -2.16. The summed E-state index contributed by atoms with van der Waals surface area (Å²) in [5, 5.41) is 7.95. The van der Waals surface area contributed by atoms with Gasteiger partial charge in [0.1, 0.15) is 5.82 Å². The quantitative estimate of drug-likeness (QED) is 0.450. The first-order chi connectivity index (χ1) is 14.8. The number of aromatic nitrogens is 3. The largest absolute Gasteiger partial charge is 0.311 e. The van der Waals surface area contributed by atoms with Crippen LogP contribution in [0.1, 0.15) is 24.1 Å². The van der Waals surface area contributed by atoms with Crippen LogP contribution in [0, 0.1) is 13.8 Å². The molecule has 0 bridgehead atoms. The van der Waals surface area contributed by atoms with Crippen LogP contribution in [0.3, 0.4) is 0 Å². The molecule has 0 radical (unpaired) electrons. The number of carbonyl (C=O) groups excluding carboxylic acids is 1. The van der Waals surface area contributed by atoms with E-state index in [-0.39, 0.29) is 29.4 Å². The monoisotopic (exact) mass is 454 g/mol. The fourth-order valence-corrected chi connectivity index (χ4v) is 5.42. The maximum absolute atomic E-state index is 12.5. The van der Waals surface area contributed by atoms with Crippen molar-refractivity contribution in [1.82, 2.24) is 14.8 Å². The van der Waals surface area contributed by atoms with Gasteiger partial charge in [0.2, 0.25) is 11.0 Å². The Morgan fingerprint density at radius 3 is 2.58 bits per heavy atom. The number of carbonyl (C=O) groups is 1. The smallest absolute Gasteiger partial charge is 0.225 e. The highest BCUT2D eigenvalue weighted by molar-refractivity contribution is 7.91. The molecule has 0 spiro atoms. The lowest BCUT2D eigenvalue weighted by Gasteiger charge is -2.07. The number of amides is 1. The maximum Gasteiger partial charge on any atom is 0.225 e. The summed E-state index contributed by atoms with van der Waals surface area (Å²) < 4.78 is 27.6. The molecule has 7 nitrogen and oxygen atoms in total. The van der Waals surface area contributed by atoms with E-state index < -0.39 is 9.84 Å². The van der Waals surface area contributed by atoms with E-state index in [0.717, 1.165) is 21.5 Å². The summed E-state index contributed by atoms with van der Waals surface area (Å²) in [5.41, 5.74) is 2.61. The van der Waals surface area contributed by atoms with Crippen LogP contribution in [0.2, 0.25) is 0 Å². The van der Waals surface area contributed by atoms with Crippen LogP contribution in [0.25, 0.3) is 15.3 Å². The van der Waals surface area contributed by atoms with Crippen molar-refractivity contribution in [2.45, 2.75) is 31.6 Å². The van der Waals surface area contributed by atoms with Crippen molar-refractivity contribution in [3.05, 3.63) is 65.9 Å². The Morgan fingerprint density at radius 2 is 1.84 bits per heavy atom. The molecule has 160 valence electrons. The minimum absolute atomic E-state index is 0.0837. The highest BCUT2D eigenvalue weighted by atomic mass is 32.2. The third kappa shape index (κ3) is 4.83. The molecule has 0 aliphatic rings. The van der Waals surface area contributed by atoms with Gasteiger partial charge in [-0.15, -0.1) is 0 Å². The predicted octanol–water partition coefficient (Wildman–Crippen LogP) is 4.29. The number of thiazole rings is 1. The molecule has 2 aromatic heterocycles. The van der Waals surface area contributed by atoms with E-state index >= 15 is 0 Å². The second kappa shape index (κ2) is 8.60. The number of aryl methyl sites for hydroxylation is 2. The Bertz CT molecular complexity index is 1310. The fourth-order valence-electron chi connectivity index (χ4n) is 3.18. The van der Waals surface area contributed by atoms with Crippen molar-refractivity contribution in [2.24, 2.45) is 0 Å². The highest BCUT2D eigenvalue weighted by Gasteiger charge is 2.17. The third-order valence-corrected chi connectivity index (χ3v) is 7.59. The van der Waals surface area contributed by atoms with E-state index in [1.54, 1.807) is 35.0 Å². The number of hydrogen-bond acceptors (Lipinski definition) is 6. The fraction of sp³-hybridized carbons (Fsp3) is 0.227. The van der Waals surface area contributed by atoms with Crippen LogP contribution >= 0.6 is 11.3 Å². The SMILES string of the molecule is Cc1ccc(S(=O)(=O)CCCC(=O)Nc2cc(C)nn2-c2nc3ccccc3s2)cc1. The van der Waals surface area contributed by atoms with Crippen molar-refractivity contribution in [1.29, 1.82) is 0 Å². The average molecular weight is 455 g/mol. The molecule has 0 fully saturated rings. The molecule has 0 atom stereocenters. The molecule has 31 heavy (non-hydrogen) atoms. The zero-order valence-corrected chi connectivity index (χ0v) is 18.8. The molecule has 0 saturated carbocycles. The predicted molar refractivity (Wildman–Crippen MR) is 123 cm³/mol. The van der Waals surface area contributed by atoms with E-state index in [0.29, 0.717) is 10.9 Å². The molecule has 9 heteroatoms. The lowest BCUT2D eigenvalue weighted by molar-refractivity contribution is -0.116. The van der Waals surface area contributed by atoms with Crippen molar-refractivity contribution in [3.8, 4) is 5.13 Å². The van der Waals surface area contributed by atoms with Gasteiger partial charge in [-0.1, -0.05) is 41.2 Å². The molecule has 2 aromatic carbocycles. The van der Waals surface area contributed by atoms with E-state index in [9.17, 15) is 13.2 Å². The number of anilines is 1. The number of fused-ring (bicyclic) bond motifs is 1. The molecule has 0 saturated heterocycles. The molecule has 0 aliphatic carbocycles. The molecule has 0 unspecified atom stereocenters. The van der Waals surface area contributed by atoms with Gasteiger partial charge >= 0.3 is 0 Å². The summed E-state index contributed by atoms with van der Waals surface area (Å²) in [5.74, 6) is 0.170. The summed E-state index contributed by atoms with van der Waals surface area (Å²) in [4.78, 5) is 17.3. The first-order valence-electron chi connectivity index (χ1n) is 9.84. The van der Waals surface area contributed by atoms with Gasteiger partial charge in [0.05, 0.1) is 26.6 Å². The van der Waals surface area contributed by atoms with Crippen molar-refractivity contribution in [3.63, 3.8) is 0 Å². The number of benzene rings is 2. The van der Waals surface area contributed by atoms with Crippen LogP contribution < -0.4 is 5.32 Å². The molecular formula is C22H22N4O3S2. The first-order valence-corrected chi connectivity index (χ1v) is 12.3. The summed E-state index contributed by atoms with van der Waals surface area (Å²) in [7, 11) is -3.41. The number of rotatable bonds is 7. The van der Waals surface area contributed by atoms with Crippen molar-refractivity contribution >= 4 is 43.1 Å². The summed E-state index contributed by atoms with van der Waals surface area (Å²) in [6.45, 7) is 3.75. The number of sulfone groups is 1. The first kappa shape index (κ1) is 21.2. The highest BCUT2D eigenvalue weighted by Crippen LogP contribution is 2.27. The number of nitrogens with one attached hydrogen (secondary N) is 1. The van der Waals surface area contributed by atoms with Gasteiger partial charge in [0, 0.05) is 12.5 Å². The molecule has 1 N–H and O–H groups in total. The summed E-state index contributed by atoms with van der Waals surface area (Å²) in [6, 6.07) is 16.3. The van der Waals surface area contributed by atoms with Gasteiger partial charge in [-0.25, -0.2) is 13.4 Å². The number of hydrogen-bond donors (Lipinski definition) is 1. The summed E-state index contributed by atoms with van der Waals surface area (Å²) in [6.07, 6.45) is 0.325. The Balaban J connectivity index is 1.42. The van der Waals surface area contributed by atoms with Crippen molar-refractivity contribution in [2.75, 3.05) is 11.1 Å². The zero-order valence-electron chi connectivity index (χ0n) is 17.2. The topological polar surface area (TPSA) is 94.0 Å². The molecule has 4 rings (SSSR count). The van der Waals surface area contributed by atoms with E-state index in [1.807, 2.05) is 38.1 Å². The minimum Gasteiger partial charge on any atom is -0.311 e. The Labute approximate surface area is 184 Å². The standard InChI is InChI=1S/C22H22N4O3S2/c1-15-9-11-17(12-10-15)31(28,29)13-5-8-21(27)24-20-14-16(2)25-26(20)22-23-18-6-3-4-7-19(18)30-22/h3-4,6-7,9-12,14H,5,8,13H2,1-2H3,(H,24,27).